The summed E-state index contributed by atoms with van der Waals surface area (Å²) in [5.41, 5.74) is 5.64. The Kier molecular flexibility index (Phi) is 4.05. The number of para-hydroxylation sites is 1. The van der Waals surface area contributed by atoms with Crippen LogP contribution in [0.2, 0.25) is 0 Å². The second-order valence-corrected chi connectivity index (χ2v) is 6.93. The van der Waals surface area contributed by atoms with Gasteiger partial charge >= 0.3 is 0 Å². The molecular weight excluding hydrogens is 294 g/mol. The van der Waals surface area contributed by atoms with E-state index in [0.29, 0.717) is 0 Å². The molecule has 0 spiro atoms. The summed E-state index contributed by atoms with van der Waals surface area (Å²) in [4.78, 5) is 3.51. The van der Waals surface area contributed by atoms with Gasteiger partial charge in [0.1, 0.15) is 5.58 Å². The Morgan fingerprint density at radius 3 is 2.75 bits per heavy atom. The van der Waals surface area contributed by atoms with Crippen molar-refractivity contribution in [3.63, 3.8) is 0 Å². The van der Waals surface area contributed by atoms with Gasteiger partial charge in [0.25, 0.3) is 0 Å². The smallest absolute Gasteiger partial charge is 0.160 e. The standard InChI is InChI=1S/C22H25NO/c1-3-5-8-15(4-2)13-16-11-12-18-20(14-16)24-22-17-9-6-7-10-19(17)23-21(18)22/h6-7,9-12,14-15,23H,3-5,8,13H2,1-2H3. The molecule has 1 unspecified atom stereocenters. The largest absolute Gasteiger partial charge is 0.454 e. The molecular formula is C22H25NO. The topological polar surface area (TPSA) is 28.9 Å². The zero-order chi connectivity index (χ0) is 16.5. The average molecular weight is 319 g/mol. The number of hydrogen-bond acceptors (Lipinski definition) is 1. The highest BCUT2D eigenvalue weighted by Crippen LogP contribution is 2.34. The third-order valence-corrected chi connectivity index (χ3v) is 5.25. The van der Waals surface area contributed by atoms with Crippen molar-refractivity contribution >= 4 is 33.0 Å². The average Bonchev–Trinajstić information content (AvgIpc) is 3.14. The minimum atomic E-state index is 0.781. The first kappa shape index (κ1) is 15.3. The van der Waals surface area contributed by atoms with E-state index in [9.17, 15) is 0 Å². The van der Waals surface area contributed by atoms with Gasteiger partial charge in [-0.3, -0.25) is 0 Å². The normalized spacial score (nSPS) is 13.2. The predicted molar refractivity (Wildman–Crippen MR) is 103 cm³/mol. The quantitative estimate of drug-likeness (QED) is 0.415. The van der Waals surface area contributed by atoms with Crippen LogP contribution in [0.4, 0.5) is 0 Å². The molecule has 2 heteroatoms. The summed E-state index contributed by atoms with van der Waals surface area (Å²) in [5.74, 6) is 0.781. The minimum absolute atomic E-state index is 0.781. The van der Waals surface area contributed by atoms with E-state index in [2.05, 4.69) is 61.3 Å². The van der Waals surface area contributed by atoms with Crippen LogP contribution in [-0.2, 0) is 6.42 Å². The van der Waals surface area contributed by atoms with E-state index < -0.39 is 0 Å². The van der Waals surface area contributed by atoms with Crippen molar-refractivity contribution in [2.75, 3.05) is 0 Å². The van der Waals surface area contributed by atoms with E-state index in [1.54, 1.807) is 0 Å². The van der Waals surface area contributed by atoms with Crippen LogP contribution in [0, 0.1) is 5.92 Å². The van der Waals surface area contributed by atoms with Gasteiger partial charge in [-0.15, -0.1) is 0 Å². The molecule has 4 rings (SSSR count). The minimum Gasteiger partial charge on any atom is -0.454 e. The van der Waals surface area contributed by atoms with Crippen LogP contribution in [-0.4, -0.2) is 4.98 Å². The van der Waals surface area contributed by atoms with Gasteiger partial charge in [0, 0.05) is 16.3 Å². The SMILES string of the molecule is CCCCC(CC)Cc1ccc2c(c1)oc1c3ccccc3[nH]c21. The van der Waals surface area contributed by atoms with Crippen LogP contribution in [0.5, 0.6) is 0 Å². The first-order chi connectivity index (χ1) is 11.8. The van der Waals surface area contributed by atoms with Crippen LogP contribution in [0.25, 0.3) is 33.0 Å². The van der Waals surface area contributed by atoms with E-state index in [1.165, 1.54) is 42.0 Å². The third-order valence-electron chi connectivity index (χ3n) is 5.25. The van der Waals surface area contributed by atoms with E-state index in [4.69, 9.17) is 4.42 Å². The van der Waals surface area contributed by atoms with E-state index in [1.807, 2.05) is 0 Å². The second-order valence-electron chi connectivity index (χ2n) is 6.93. The molecule has 0 aliphatic carbocycles. The fraction of sp³-hybridized carbons (Fsp3) is 0.364. The fourth-order valence-electron chi connectivity index (χ4n) is 3.78. The molecule has 0 saturated heterocycles. The van der Waals surface area contributed by atoms with Gasteiger partial charge in [0.15, 0.2) is 5.58 Å². The Balaban J connectivity index is 1.71. The number of nitrogens with one attached hydrogen (secondary N) is 1. The third kappa shape index (κ3) is 2.60. The Morgan fingerprint density at radius 1 is 1.04 bits per heavy atom. The number of benzene rings is 2. The lowest BCUT2D eigenvalue weighted by Crippen LogP contribution is -2.03. The van der Waals surface area contributed by atoms with Crippen molar-refractivity contribution in [3.05, 3.63) is 48.0 Å². The van der Waals surface area contributed by atoms with Crippen LogP contribution >= 0.6 is 0 Å². The van der Waals surface area contributed by atoms with Crippen LogP contribution in [0.1, 0.15) is 45.1 Å². The number of hydrogen-bond donors (Lipinski definition) is 1. The van der Waals surface area contributed by atoms with E-state index in [0.717, 1.165) is 34.5 Å². The highest BCUT2D eigenvalue weighted by Gasteiger charge is 2.14. The van der Waals surface area contributed by atoms with Crippen molar-refractivity contribution < 1.29 is 4.42 Å². The summed E-state index contributed by atoms with van der Waals surface area (Å²) in [6, 6.07) is 15.1. The zero-order valence-corrected chi connectivity index (χ0v) is 14.6. The van der Waals surface area contributed by atoms with Gasteiger partial charge in [-0.25, -0.2) is 0 Å². The van der Waals surface area contributed by atoms with Gasteiger partial charge in [-0.2, -0.15) is 0 Å². The first-order valence-electron chi connectivity index (χ1n) is 9.22. The monoisotopic (exact) mass is 319 g/mol. The lowest BCUT2D eigenvalue weighted by atomic mass is 9.92. The second kappa shape index (κ2) is 6.35. The van der Waals surface area contributed by atoms with Crippen LogP contribution < -0.4 is 0 Å². The highest BCUT2D eigenvalue weighted by atomic mass is 16.3. The molecule has 0 saturated carbocycles. The summed E-state index contributed by atoms with van der Waals surface area (Å²) in [5, 5.41) is 2.35. The lowest BCUT2D eigenvalue weighted by Gasteiger charge is -2.14. The van der Waals surface area contributed by atoms with Gasteiger partial charge in [0.2, 0.25) is 0 Å². The number of aromatic amines is 1. The molecule has 0 radical (unpaired) electrons. The molecule has 2 aromatic carbocycles. The molecule has 0 aliphatic rings. The molecule has 0 amide bonds. The van der Waals surface area contributed by atoms with E-state index in [-0.39, 0.29) is 0 Å². The maximum atomic E-state index is 6.21. The Morgan fingerprint density at radius 2 is 1.92 bits per heavy atom. The number of fused-ring (bicyclic) bond motifs is 5. The van der Waals surface area contributed by atoms with Crippen molar-refractivity contribution in [1.82, 2.24) is 4.98 Å². The number of H-pyrrole nitrogens is 1. The number of furan rings is 1. The molecule has 2 heterocycles. The Labute approximate surface area is 142 Å². The summed E-state index contributed by atoms with van der Waals surface area (Å²) < 4.78 is 6.21. The molecule has 124 valence electrons. The summed E-state index contributed by atoms with van der Waals surface area (Å²) in [6.45, 7) is 4.58. The van der Waals surface area contributed by atoms with Crippen LogP contribution in [0.15, 0.2) is 46.9 Å². The van der Waals surface area contributed by atoms with Crippen molar-refractivity contribution in [3.8, 4) is 0 Å². The van der Waals surface area contributed by atoms with Gasteiger partial charge in [-0.1, -0.05) is 57.7 Å². The number of aromatic nitrogens is 1. The molecule has 1 N–H and O–H groups in total. The van der Waals surface area contributed by atoms with E-state index >= 15 is 0 Å². The molecule has 1 atom stereocenters. The molecule has 4 aromatic rings. The number of rotatable bonds is 6. The lowest BCUT2D eigenvalue weighted by molar-refractivity contribution is 0.449. The Bertz CT molecular complexity index is 976. The predicted octanol–water partition coefficient (Wildman–Crippen LogP) is 6.83. The van der Waals surface area contributed by atoms with Gasteiger partial charge < -0.3 is 9.40 Å². The molecule has 2 aromatic heterocycles. The molecule has 0 aliphatic heterocycles. The summed E-state index contributed by atoms with van der Waals surface area (Å²) >= 11 is 0. The fourth-order valence-corrected chi connectivity index (χ4v) is 3.78. The molecule has 24 heavy (non-hydrogen) atoms. The van der Waals surface area contributed by atoms with Gasteiger partial charge in [-0.05, 0) is 42.2 Å². The highest BCUT2D eigenvalue weighted by molar-refractivity contribution is 6.14. The van der Waals surface area contributed by atoms with Gasteiger partial charge in [0.05, 0.1) is 5.52 Å². The molecule has 0 bridgehead atoms. The molecule has 2 nitrogen and oxygen atoms in total. The van der Waals surface area contributed by atoms with Crippen LogP contribution in [0.3, 0.4) is 0 Å². The van der Waals surface area contributed by atoms with Crippen molar-refractivity contribution in [2.24, 2.45) is 5.92 Å². The Hall–Kier alpha value is -2.22. The molecule has 0 fully saturated rings. The zero-order valence-electron chi connectivity index (χ0n) is 14.6. The maximum Gasteiger partial charge on any atom is 0.160 e. The number of unbranched alkanes of at least 4 members (excludes halogenated alkanes) is 1. The van der Waals surface area contributed by atoms with Crippen molar-refractivity contribution in [1.29, 1.82) is 0 Å². The maximum absolute atomic E-state index is 6.21. The first-order valence-corrected chi connectivity index (χ1v) is 9.22. The summed E-state index contributed by atoms with van der Waals surface area (Å²) in [7, 11) is 0. The van der Waals surface area contributed by atoms with Crippen molar-refractivity contribution in [2.45, 2.75) is 46.0 Å². The summed E-state index contributed by atoms with van der Waals surface area (Å²) in [6.07, 6.45) is 6.35.